The highest BCUT2D eigenvalue weighted by Crippen LogP contribution is 2.30. The second-order valence-electron chi connectivity index (χ2n) is 9.80. The fraction of sp³-hybridized carbons (Fsp3) is 0.357. The van der Waals surface area contributed by atoms with Crippen molar-refractivity contribution in [3.63, 3.8) is 0 Å². The first-order valence-corrected chi connectivity index (χ1v) is 12.6. The number of furan rings is 1. The quantitative estimate of drug-likeness (QED) is 0.469. The van der Waals surface area contributed by atoms with E-state index in [-0.39, 0.29) is 29.6 Å². The van der Waals surface area contributed by atoms with Crippen molar-refractivity contribution in [2.24, 2.45) is 0 Å². The van der Waals surface area contributed by atoms with Crippen LogP contribution in [0.5, 0.6) is 0 Å². The number of hydrogen-bond acceptors (Lipinski definition) is 6. The molecule has 0 radical (unpaired) electrons. The number of anilines is 1. The number of carbonyl (C=O) groups excluding carboxylic acids is 3. The first kappa shape index (κ1) is 24.5. The molecule has 2 aliphatic rings. The van der Waals surface area contributed by atoms with Gasteiger partial charge in [0.25, 0.3) is 5.91 Å². The van der Waals surface area contributed by atoms with E-state index in [9.17, 15) is 19.2 Å². The van der Waals surface area contributed by atoms with Crippen LogP contribution in [0.4, 0.5) is 5.69 Å². The fourth-order valence-corrected chi connectivity index (χ4v) is 5.24. The number of ketones is 1. The smallest absolute Gasteiger partial charge is 0.335 e. The second-order valence-corrected chi connectivity index (χ2v) is 9.80. The molecule has 192 valence electrons. The Morgan fingerprint density at radius 2 is 1.73 bits per heavy atom. The maximum atomic E-state index is 13.5. The lowest BCUT2D eigenvalue weighted by molar-refractivity contribution is -0.133. The first-order valence-electron chi connectivity index (χ1n) is 12.6. The van der Waals surface area contributed by atoms with E-state index < -0.39 is 23.5 Å². The number of nitrogens with zero attached hydrogens (tertiary/aromatic N) is 1. The van der Waals surface area contributed by atoms with Crippen molar-refractivity contribution in [3.05, 3.63) is 65.9 Å². The summed E-state index contributed by atoms with van der Waals surface area (Å²) in [5.41, 5.74) is 0.438. The van der Waals surface area contributed by atoms with Crippen LogP contribution >= 0.6 is 0 Å². The van der Waals surface area contributed by atoms with Gasteiger partial charge in [0.2, 0.25) is 5.91 Å². The van der Waals surface area contributed by atoms with Crippen molar-refractivity contribution in [2.75, 3.05) is 18.0 Å². The fourth-order valence-electron chi connectivity index (χ4n) is 5.24. The number of carboxylic acids is 1. The van der Waals surface area contributed by atoms with E-state index in [4.69, 9.17) is 9.52 Å². The van der Waals surface area contributed by atoms with E-state index in [2.05, 4.69) is 10.6 Å². The number of benzene rings is 2. The van der Waals surface area contributed by atoms with E-state index in [1.54, 1.807) is 24.3 Å². The molecule has 2 aromatic carbocycles. The summed E-state index contributed by atoms with van der Waals surface area (Å²) >= 11 is 0. The summed E-state index contributed by atoms with van der Waals surface area (Å²) in [6, 6.07) is 14.7. The SMILES string of the molecule is O=C(O)c1ccc(N2CCC(NC(=O)C3(NC(=O)c4cc5ccccc5o4)CCCCC3)C(=O)C2)cc1. The Hall–Kier alpha value is -4.14. The molecular formula is C28H29N3O6. The van der Waals surface area contributed by atoms with E-state index in [0.29, 0.717) is 31.4 Å². The highest BCUT2D eigenvalue weighted by Gasteiger charge is 2.43. The van der Waals surface area contributed by atoms with Gasteiger partial charge in [0, 0.05) is 17.6 Å². The van der Waals surface area contributed by atoms with Crippen molar-refractivity contribution in [1.82, 2.24) is 10.6 Å². The molecule has 1 aliphatic heterocycles. The molecule has 0 spiro atoms. The Morgan fingerprint density at radius 3 is 2.41 bits per heavy atom. The molecule has 1 aliphatic carbocycles. The van der Waals surface area contributed by atoms with Crippen LogP contribution in [0.2, 0.25) is 0 Å². The highest BCUT2D eigenvalue weighted by molar-refractivity contribution is 6.01. The minimum atomic E-state index is -1.10. The van der Waals surface area contributed by atoms with Crippen molar-refractivity contribution < 1.29 is 28.7 Å². The van der Waals surface area contributed by atoms with Gasteiger partial charge in [-0.25, -0.2) is 4.79 Å². The van der Waals surface area contributed by atoms with Gasteiger partial charge in [-0.1, -0.05) is 37.5 Å². The van der Waals surface area contributed by atoms with E-state index in [1.165, 1.54) is 12.1 Å². The number of hydrogen-bond donors (Lipinski definition) is 3. The van der Waals surface area contributed by atoms with Gasteiger partial charge in [0.1, 0.15) is 11.1 Å². The molecule has 1 saturated heterocycles. The number of amides is 2. The Bertz CT molecular complexity index is 1310. The maximum absolute atomic E-state index is 13.5. The van der Waals surface area contributed by atoms with Crippen LogP contribution in [0.1, 0.15) is 59.4 Å². The van der Waals surface area contributed by atoms with Crippen molar-refractivity contribution >= 4 is 40.2 Å². The summed E-state index contributed by atoms with van der Waals surface area (Å²) in [4.78, 5) is 52.6. The third kappa shape index (κ3) is 5.07. The Morgan fingerprint density at radius 1 is 1.00 bits per heavy atom. The molecule has 5 rings (SSSR count). The minimum Gasteiger partial charge on any atom is -0.478 e. The number of nitrogens with one attached hydrogen (secondary N) is 2. The number of fused-ring (bicyclic) bond motifs is 1. The Labute approximate surface area is 213 Å². The zero-order chi connectivity index (χ0) is 26.0. The van der Waals surface area contributed by atoms with Crippen LogP contribution in [0.25, 0.3) is 11.0 Å². The molecule has 9 heteroatoms. The number of carbonyl (C=O) groups is 4. The first-order chi connectivity index (χ1) is 17.8. The zero-order valence-electron chi connectivity index (χ0n) is 20.4. The molecule has 3 aromatic rings. The van der Waals surface area contributed by atoms with Gasteiger partial charge in [0.15, 0.2) is 11.5 Å². The molecule has 0 bridgehead atoms. The summed E-state index contributed by atoms with van der Waals surface area (Å²) in [6.45, 7) is 0.636. The summed E-state index contributed by atoms with van der Waals surface area (Å²) < 4.78 is 5.70. The van der Waals surface area contributed by atoms with Gasteiger partial charge in [-0.05, 0) is 55.7 Å². The van der Waals surface area contributed by atoms with Gasteiger partial charge < -0.3 is 25.1 Å². The Balaban J connectivity index is 1.26. The minimum absolute atomic E-state index is 0.107. The van der Waals surface area contributed by atoms with Crippen LogP contribution in [0.3, 0.4) is 0 Å². The zero-order valence-corrected chi connectivity index (χ0v) is 20.4. The average molecular weight is 504 g/mol. The largest absolute Gasteiger partial charge is 0.478 e. The lowest BCUT2D eigenvalue weighted by Gasteiger charge is -2.39. The third-order valence-corrected chi connectivity index (χ3v) is 7.35. The lowest BCUT2D eigenvalue weighted by Crippen LogP contribution is -2.63. The number of para-hydroxylation sites is 1. The molecule has 37 heavy (non-hydrogen) atoms. The molecule has 2 heterocycles. The van der Waals surface area contributed by atoms with Gasteiger partial charge in [-0.15, -0.1) is 0 Å². The van der Waals surface area contributed by atoms with E-state index in [1.807, 2.05) is 23.1 Å². The van der Waals surface area contributed by atoms with Crippen LogP contribution in [0.15, 0.2) is 59.0 Å². The number of rotatable bonds is 6. The van der Waals surface area contributed by atoms with Gasteiger partial charge in [-0.3, -0.25) is 14.4 Å². The summed E-state index contributed by atoms with van der Waals surface area (Å²) in [7, 11) is 0. The maximum Gasteiger partial charge on any atom is 0.335 e. The molecule has 1 atom stereocenters. The highest BCUT2D eigenvalue weighted by atomic mass is 16.4. The number of aromatic carboxylic acids is 1. The van der Waals surface area contributed by atoms with E-state index in [0.717, 1.165) is 30.3 Å². The molecule has 2 fully saturated rings. The van der Waals surface area contributed by atoms with Gasteiger partial charge in [-0.2, -0.15) is 0 Å². The van der Waals surface area contributed by atoms with Crippen LogP contribution in [0, 0.1) is 0 Å². The molecule has 1 saturated carbocycles. The lowest BCUT2D eigenvalue weighted by atomic mass is 9.80. The standard InChI is InChI=1S/C28H29N3O6/c32-22-17-31(20-10-8-18(9-11-20)26(34)35)15-12-21(22)29-27(36)28(13-4-1-5-14-28)30-25(33)24-16-19-6-2-3-7-23(19)37-24/h2-3,6-11,16,21H,1,4-5,12-15,17H2,(H,29,36)(H,30,33)(H,34,35). The predicted octanol–water partition coefficient (Wildman–Crippen LogP) is 3.53. The number of carboxylic acid groups (broad SMARTS) is 1. The number of piperidine rings is 1. The van der Waals surface area contributed by atoms with Crippen molar-refractivity contribution in [3.8, 4) is 0 Å². The van der Waals surface area contributed by atoms with Crippen LogP contribution < -0.4 is 15.5 Å². The van der Waals surface area contributed by atoms with Gasteiger partial charge >= 0.3 is 5.97 Å². The topological polar surface area (TPSA) is 129 Å². The molecular weight excluding hydrogens is 474 g/mol. The van der Waals surface area contributed by atoms with Crippen molar-refractivity contribution in [2.45, 2.75) is 50.1 Å². The van der Waals surface area contributed by atoms with Crippen LogP contribution in [-0.4, -0.2) is 53.3 Å². The normalized spacial score (nSPS) is 19.4. The summed E-state index contributed by atoms with van der Waals surface area (Å²) in [5, 5.41) is 15.8. The average Bonchev–Trinajstić information content (AvgIpc) is 3.35. The summed E-state index contributed by atoms with van der Waals surface area (Å²) in [6.07, 6.45) is 3.98. The molecule has 1 aromatic heterocycles. The van der Waals surface area contributed by atoms with Crippen LogP contribution in [-0.2, 0) is 9.59 Å². The monoisotopic (exact) mass is 503 g/mol. The molecule has 2 amide bonds. The summed E-state index contributed by atoms with van der Waals surface area (Å²) in [5.74, 6) is -1.77. The predicted molar refractivity (Wildman–Crippen MR) is 137 cm³/mol. The van der Waals surface area contributed by atoms with Gasteiger partial charge in [0.05, 0.1) is 18.2 Å². The Kier molecular flexibility index (Phi) is 6.69. The van der Waals surface area contributed by atoms with Crippen molar-refractivity contribution in [1.29, 1.82) is 0 Å². The third-order valence-electron chi connectivity index (χ3n) is 7.35. The van der Waals surface area contributed by atoms with E-state index >= 15 is 0 Å². The number of Topliss-reactive ketones (excluding diaryl/α,β-unsaturated/α-hetero) is 1. The molecule has 1 unspecified atom stereocenters. The molecule has 9 nitrogen and oxygen atoms in total. The molecule has 3 N–H and O–H groups in total. The second kappa shape index (κ2) is 10.1.